The quantitative estimate of drug-likeness (QED) is 0.582. The van der Waals surface area contributed by atoms with Crippen LogP contribution in [0.2, 0.25) is 0 Å². The van der Waals surface area contributed by atoms with Crippen LogP contribution in [-0.4, -0.2) is 22.0 Å². The molecule has 0 radical (unpaired) electrons. The lowest BCUT2D eigenvalue weighted by molar-refractivity contribution is 0.616. The maximum atomic E-state index is 5.55. The summed E-state index contributed by atoms with van der Waals surface area (Å²) in [6, 6.07) is 11.8. The molecule has 1 aromatic carbocycles. The molecule has 5 heteroatoms. The van der Waals surface area contributed by atoms with E-state index in [1.807, 2.05) is 43.4 Å². The second-order valence-corrected chi connectivity index (χ2v) is 4.55. The number of benzene rings is 1. The molecule has 2 N–H and O–H groups in total. The van der Waals surface area contributed by atoms with Gasteiger partial charge in [-0.05, 0) is 18.2 Å². The lowest BCUT2D eigenvalue weighted by Crippen LogP contribution is -1.91. The van der Waals surface area contributed by atoms with Crippen molar-refractivity contribution >= 4 is 28.0 Å². The van der Waals surface area contributed by atoms with E-state index in [0.717, 1.165) is 33.7 Å². The van der Waals surface area contributed by atoms with Crippen molar-refractivity contribution in [2.45, 2.75) is 0 Å². The number of aromatic nitrogens is 3. The highest BCUT2D eigenvalue weighted by Crippen LogP contribution is 2.29. The maximum absolute atomic E-state index is 5.55. The fraction of sp³-hybridized carbons (Fsp3) is 0.0667. The Morgan fingerprint density at radius 2 is 2.00 bits per heavy atom. The summed E-state index contributed by atoms with van der Waals surface area (Å²) in [4.78, 5) is 12.2. The average molecular weight is 264 g/mol. The summed E-state index contributed by atoms with van der Waals surface area (Å²) in [5.41, 5.74) is 3.40. The highest BCUT2D eigenvalue weighted by Gasteiger charge is 2.12. The molecule has 20 heavy (non-hydrogen) atoms. The minimum atomic E-state index is 0.692. The van der Waals surface area contributed by atoms with E-state index in [9.17, 15) is 0 Å². The molecule has 4 aromatic rings. The highest BCUT2D eigenvalue weighted by atomic mass is 16.3. The number of fused-ring (bicyclic) bond motifs is 2. The van der Waals surface area contributed by atoms with Gasteiger partial charge in [0, 0.05) is 12.4 Å². The van der Waals surface area contributed by atoms with Gasteiger partial charge in [-0.25, -0.2) is 9.97 Å². The van der Waals surface area contributed by atoms with Gasteiger partial charge >= 0.3 is 0 Å². The zero-order valence-corrected chi connectivity index (χ0v) is 10.8. The molecule has 0 aliphatic heterocycles. The second-order valence-electron chi connectivity index (χ2n) is 4.55. The normalized spacial score (nSPS) is 11.2. The smallest absolute Gasteiger partial charge is 0.180 e. The molecule has 0 atom stereocenters. The number of hydrogen-bond donors (Lipinski definition) is 2. The van der Waals surface area contributed by atoms with E-state index in [-0.39, 0.29) is 0 Å². The zero-order chi connectivity index (χ0) is 13.5. The van der Waals surface area contributed by atoms with Crippen LogP contribution in [-0.2, 0) is 0 Å². The first-order valence-electron chi connectivity index (χ1n) is 6.36. The van der Waals surface area contributed by atoms with Crippen LogP contribution < -0.4 is 5.32 Å². The van der Waals surface area contributed by atoms with E-state index in [4.69, 9.17) is 4.42 Å². The minimum absolute atomic E-state index is 0.692. The van der Waals surface area contributed by atoms with E-state index in [2.05, 4.69) is 20.3 Å². The number of para-hydroxylation sites is 1. The number of pyridine rings is 1. The van der Waals surface area contributed by atoms with Gasteiger partial charge in [0.1, 0.15) is 23.5 Å². The first-order chi connectivity index (χ1) is 9.85. The Kier molecular flexibility index (Phi) is 2.26. The van der Waals surface area contributed by atoms with E-state index >= 15 is 0 Å². The third kappa shape index (κ3) is 1.56. The Morgan fingerprint density at radius 3 is 2.90 bits per heavy atom. The Morgan fingerprint density at radius 1 is 1.10 bits per heavy atom. The third-order valence-electron chi connectivity index (χ3n) is 3.34. The molecule has 3 aromatic heterocycles. The Balaban J connectivity index is 1.93. The van der Waals surface area contributed by atoms with Crippen molar-refractivity contribution in [2.24, 2.45) is 0 Å². The molecule has 0 unspecified atom stereocenters. The van der Waals surface area contributed by atoms with Gasteiger partial charge < -0.3 is 14.7 Å². The summed E-state index contributed by atoms with van der Waals surface area (Å²) in [5.74, 6) is 1.57. The van der Waals surface area contributed by atoms with Gasteiger partial charge in [-0.3, -0.25) is 0 Å². The number of rotatable bonds is 2. The Bertz CT molecular complexity index is 906. The first-order valence-corrected chi connectivity index (χ1v) is 6.36. The van der Waals surface area contributed by atoms with Crippen LogP contribution in [0, 0.1) is 0 Å². The minimum Gasteiger partial charge on any atom is -0.464 e. The average Bonchev–Trinajstić information content (AvgIpc) is 3.09. The molecule has 0 saturated heterocycles. The Hall–Kier alpha value is -2.82. The summed E-state index contributed by atoms with van der Waals surface area (Å²) < 4.78 is 5.55. The van der Waals surface area contributed by atoms with Gasteiger partial charge in [-0.1, -0.05) is 18.2 Å². The van der Waals surface area contributed by atoms with Crippen molar-refractivity contribution in [2.75, 3.05) is 12.4 Å². The van der Waals surface area contributed by atoms with Crippen LogP contribution in [0.5, 0.6) is 0 Å². The molecule has 3 heterocycles. The van der Waals surface area contributed by atoms with Crippen LogP contribution in [0.4, 0.5) is 5.82 Å². The number of H-pyrrole nitrogens is 1. The summed E-state index contributed by atoms with van der Waals surface area (Å²) in [6.45, 7) is 0. The van der Waals surface area contributed by atoms with E-state index in [1.165, 1.54) is 0 Å². The van der Waals surface area contributed by atoms with Crippen molar-refractivity contribution in [1.82, 2.24) is 15.0 Å². The maximum Gasteiger partial charge on any atom is 0.180 e. The summed E-state index contributed by atoms with van der Waals surface area (Å²) in [5, 5.41) is 4.05. The first kappa shape index (κ1) is 11.0. The van der Waals surface area contributed by atoms with Gasteiger partial charge in [-0.2, -0.15) is 0 Å². The number of anilines is 1. The number of aromatic amines is 1. The lowest BCUT2D eigenvalue weighted by Gasteiger charge is -1.95. The molecule has 0 spiro atoms. The lowest BCUT2D eigenvalue weighted by atomic mass is 10.2. The van der Waals surface area contributed by atoms with Crippen molar-refractivity contribution in [3.05, 3.63) is 42.7 Å². The number of nitrogens with one attached hydrogen (secondary N) is 2. The van der Waals surface area contributed by atoms with Crippen molar-refractivity contribution in [3.63, 3.8) is 0 Å². The highest BCUT2D eigenvalue weighted by molar-refractivity contribution is 5.93. The zero-order valence-electron chi connectivity index (χ0n) is 10.8. The summed E-state index contributed by atoms with van der Waals surface area (Å²) in [6.07, 6.45) is 1.72. The standard InChI is InChI=1S/C15H12N4O/c1-16-13-7-6-11-15(18-13)19-14(17-11)10-8-20-12-5-3-2-4-9(10)12/h2-8H,1H3,(H2,16,17,18,19). The van der Waals surface area contributed by atoms with Crippen molar-refractivity contribution in [3.8, 4) is 11.4 Å². The number of imidazole rings is 1. The summed E-state index contributed by atoms with van der Waals surface area (Å²) >= 11 is 0. The van der Waals surface area contributed by atoms with Gasteiger partial charge in [0.2, 0.25) is 0 Å². The predicted molar refractivity (Wildman–Crippen MR) is 78.6 cm³/mol. The van der Waals surface area contributed by atoms with E-state index in [0.29, 0.717) is 5.65 Å². The van der Waals surface area contributed by atoms with Crippen LogP contribution in [0.25, 0.3) is 33.5 Å². The fourth-order valence-electron chi connectivity index (χ4n) is 2.32. The SMILES string of the molecule is CNc1ccc2[nH]c(-c3coc4ccccc34)nc2n1. The molecule has 98 valence electrons. The number of nitrogens with zero attached hydrogens (tertiary/aromatic N) is 2. The van der Waals surface area contributed by atoms with Crippen LogP contribution >= 0.6 is 0 Å². The molecule has 5 nitrogen and oxygen atoms in total. The fourth-order valence-corrected chi connectivity index (χ4v) is 2.32. The molecule has 0 amide bonds. The molecule has 4 rings (SSSR count). The van der Waals surface area contributed by atoms with Crippen LogP contribution in [0.3, 0.4) is 0 Å². The van der Waals surface area contributed by atoms with Crippen molar-refractivity contribution in [1.29, 1.82) is 0 Å². The Labute approximate surface area is 114 Å². The van der Waals surface area contributed by atoms with Gasteiger partial charge in [0.25, 0.3) is 0 Å². The van der Waals surface area contributed by atoms with E-state index in [1.54, 1.807) is 6.26 Å². The number of hydrogen-bond acceptors (Lipinski definition) is 4. The van der Waals surface area contributed by atoms with Crippen LogP contribution in [0.15, 0.2) is 47.1 Å². The van der Waals surface area contributed by atoms with Crippen molar-refractivity contribution < 1.29 is 4.42 Å². The van der Waals surface area contributed by atoms with Gasteiger partial charge in [0.05, 0.1) is 11.1 Å². The largest absolute Gasteiger partial charge is 0.464 e. The summed E-state index contributed by atoms with van der Waals surface area (Å²) in [7, 11) is 1.84. The number of furan rings is 1. The monoisotopic (exact) mass is 264 g/mol. The van der Waals surface area contributed by atoms with E-state index < -0.39 is 0 Å². The second kappa shape index (κ2) is 4.09. The predicted octanol–water partition coefficient (Wildman–Crippen LogP) is 3.41. The van der Waals surface area contributed by atoms with Gasteiger partial charge in [-0.15, -0.1) is 0 Å². The van der Waals surface area contributed by atoms with Crippen LogP contribution in [0.1, 0.15) is 0 Å². The van der Waals surface area contributed by atoms with Gasteiger partial charge in [0.15, 0.2) is 5.65 Å². The topological polar surface area (TPSA) is 66.7 Å². The third-order valence-corrected chi connectivity index (χ3v) is 3.34. The molecular weight excluding hydrogens is 252 g/mol. The molecule has 0 aliphatic rings. The molecule has 0 fully saturated rings. The molecule has 0 bridgehead atoms. The molecular formula is C15H12N4O. The molecule has 0 aliphatic carbocycles. The molecule has 0 saturated carbocycles.